The minimum atomic E-state index is -3.85. The lowest BCUT2D eigenvalue weighted by molar-refractivity contribution is 0.0824. The van der Waals surface area contributed by atoms with Gasteiger partial charge in [-0.25, -0.2) is 13.1 Å². The van der Waals surface area contributed by atoms with Crippen LogP contribution >= 0.6 is 0 Å². The van der Waals surface area contributed by atoms with Crippen LogP contribution in [0.25, 0.3) is 0 Å². The zero-order chi connectivity index (χ0) is 17.9. The molecular weight excluding hydrogens is 334 g/mol. The largest absolute Gasteiger partial charge is 0.496 e. The minimum absolute atomic E-state index is 0.0381. The number of carbonyl (C=O) groups is 1. The molecule has 0 aliphatic carbocycles. The SMILES string of the molecule is COc1ccc(S(=O)(=O)N[C@@H](C)c2ccon2)cc1C(=O)N(C)C. The van der Waals surface area contributed by atoms with E-state index < -0.39 is 16.1 Å². The first-order chi connectivity index (χ1) is 11.3. The highest BCUT2D eigenvalue weighted by Crippen LogP contribution is 2.24. The number of hydrogen-bond donors (Lipinski definition) is 1. The van der Waals surface area contributed by atoms with Crippen LogP contribution in [-0.2, 0) is 10.0 Å². The molecule has 1 N–H and O–H groups in total. The first-order valence-electron chi connectivity index (χ1n) is 7.08. The lowest BCUT2D eigenvalue weighted by Gasteiger charge is -2.16. The van der Waals surface area contributed by atoms with E-state index in [0.717, 1.165) is 0 Å². The van der Waals surface area contributed by atoms with E-state index >= 15 is 0 Å². The molecule has 0 aliphatic heterocycles. The Morgan fingerprint density at radius 3 is 2.58 bits per heavy atom. The quantitative estimate of drug-likeness (QED) is 0.843. The van der Waals surface area contributed by atoms with Crippen LogP contribution in [0.3, 0.4) is 0 Å². The molecule has 0 fully saturated rings. The Morgan fingerprint density at radius 1 is 1.33 bits per heavy atom. The van der Waals surface area contributed by atoms with Gasteiger partial charge in [-0.1, -0.05) is 5.16 Å². The minimum Gasteiger partial charge on any atom is -0.496 e. The number of methoxy groups -OCH3 is 1. The van der Waals surface area contributed by atoms with Gasteiger partial charge in [-0.3, -0.25) is 4.79 Å². The number of amides is 1. The van der Waals surface area contributed by atoms with Crippen LogP contribution in [0.1, 0.15) is 29.0 Å². The zero-order valence-corrected chi connectivity index (χ0v) is 14.6. The number of hydrogen-bond acceptors (Lipinski definition) is 6. The van der Waals surface area contributed by atoms with E-state index in [-0.39, 0.29) is 16.4 Å². The fourth-order valence-electron chi connectivity index (χ4n) is 2.07. The van der Waals surface area contributed by atoms with Gasteiger partial charge in [0.05, 0.1) is 23.6 Å². The van der Waals surface area contributed by atoms with Crippen molar-refractivity contribution in [3.8, 4) is 5.75 Å². The maximum atomic E-state index is 12.5. The van der Waals surface area contributed by atoms with Gasteiger partial charge in [-0.15, -0.1) is 0 Å². The molecule has 0 aliphatic rings. The van der Waals surface area contributed by atoms with Crippen molar-refractivity contribution in [2.75, 3.05) is 21.2 Å². The van der Waals surface area contributed by atoms with Crippen LogP contribution in [-0.4, -0.2) is 45.6 Å². The number of ether oxygens (including phenoxy) is 1. The summed E-state index contributed by atoms with van der Waals surface area (Å²) in [6, 6.07) is 5.11. The Bertz CT molecular complexity index is 816. The molecule has 0 bridgehead atoms. The van der Waals surface area contributed by atoms with Gasteiger partial charge in [0, 0.05) is 20.2 Å². The van der Waals surface area contributed by atoms with Crippen LogP contribution in [0, 0.1) is 0 Å². The van der Waals surface area contributed by atoms with E-state index in [9.17, 15) is 13.2 Å². The van der Waals surface area contributed by atoms with Gasteiger partial charge in [0.2, 0.25) is 10.0 Å². The summed E-state index contributed by atoms with van der Waals surface area (Å²) >= 11 is 0. The van der Waals surface area contributed by atoms with Crippen molar-refractivity contribution >= 4 is 15.9 Å². The molecule has 24 heavy (non-hydrogen) atoms. The highest BCUT2D eigenvalue weighted by Gasteiger charge is 2.23. The lowest BCUT2D eigenvalue weighted by Crippen LogP contribution is -2.28. The first-order valence-corrected chi connectivity index (χ1v) is 8.57. The van der Waals surface area contributed by atoms with E-state index in [4.69, 9.17) is 9.26 Å². The van der Waals surface area contributed by atoms with Crippen molar-refractivity contribution in [1.82, 2.24) is 14.8 Å². The molecule has 9 heteroatoms. The normalized spacial score (nSPS) is 12.7. The summed E-state index contributed by atoms with van der Waals surface area (Å²) in [6.07, 6.45) is 1.36. The molecule has 130 valence electrons. The average Bonchev–Trinajstić information content (AvgIpc) is 3.07. The van der Waals surface area contributed by atoms with Crippen molar-refractivity contribution < 1.29 is 22.5 Å². The molecule has 2 rings (SSSR count). The topological polar surface area (TPSA) is 102 Å². The van der Waals surface area contributed by atoms with Gasteiger partial charge < -0.3 is 14.2 Å². The summed E-state index contributed by atoms with van der Waals surface area (Å²) in [6.45, 7) is 1.64. The van der Waals surface area contributed by atoms with Gasteiger partial charge in [-0.2, -0.15) is 0 Å². The Hall–Kier alpha value is -2.39. The number of benzene rings is 1. The average molecular weight is 353 g/mol. The van der Waals surface area contributed by atoms with E-state index in [1.807, 2.05) is 0 Å². The van der Waals surface area contributed by atoms with Crippen molar-refractivity contribution in [1.29, 1.82) is 0 Å². The molecule has 8 nitrogen and oxygen atoms in total. The van der Waals surface area contributed by atoms with Gasteiger partial charge >= 0.3 is 0 Å². The third-order valence-electron chi connectivity index (χ3n) is 3.35. The highest BCUT2D eigenvalue weighted by molar-refractivity contribution is 7.89. The summed E-state index contributed by atoms with van der Waals surface area (Å²) < 4.78 is 37.4. The Balaban J connectivity index is 2.36. The Morgan fingerprint density at radius 2 is 2.04 bits per heavy atom. The summed E-state index contributed by atoms with van der Waals surface area (Å²) in [5, 5.41) is 3.71. The lowest BCUT2D eigenvalue weighted by atomic mass is 10.2. The van der Waals surface area contributed by atoms with Gasteiger partial charge in [0.25, 0.3) is 5.91 Å². The second-order valence-corrected chi connectivity index (χ2v) is 7.04. The van der Waals surface area contributed by atoms with Gasteiger partial charge in [0.1, 0.15) is 17.7 Å². The molecule has 0 saturated heterocycles. The van der Waals surface area contributed by atoms with Crippen LogP contribution in [0.4, 0.5) is 0 Å². The fourth-order valence-corrected chi connectivity index (χ4v) is 3.31. The van der Waals surface area contributed by atoms with E-state index in [1.54, 1.807) is 27.1 Å². The molecule has 1 amide bonds. The van der Waals surface area contributed by atoms with E-state index in [0.29, 0.717) is 11.4 Å². The highest BCUT2D eigenvalue weighted by atomic mass is 32.2. The standard InChI is InChI=1S/C15H19N3O5S/c1-10(13-7-8-23-16-13)17-24(20,21)11-5-6-14(22-4)12(9-11)15(19)18(2)3/h5-10,17H,1-4H3/t10-/m0/s1. The van der Waals surface area contributed by atoms with Crippen LogP contribution in [0.15, 0.2) is 39.9 Å². The monoisotopic (exact) mass is 353 g/mol. The summed E-state index contributed by atoms with van der Waals surface area (Å²) in [5.41, 5.74) is 0.621. The maximum absolute atomic E-state index is 12.5. The van der Waals surface area contributed by atoms with Crippen molar-refractivity contribution in [3.63, 3.8) is 0 Å². The number of carbonyl (C=O) groups excluding carboxylic acids is 1. The van der Waals surface area contributed by atoms with E-state index in [1.165, 1.54) is 36.5 Å². The fraction of sp³-hybridized carbons (Fsp3) is 0.333. The number of nitrogens with one attached hydrogen (secondary N) is 1. The van der Waals surface area contributed by atoms with E-state index in [2.05, 4.69) is 9.88 Å². The molecule has 0 saturated carbocycles. The molecule has 1 atom stereocenters. The summed E-state index contributed by atoms with van der Waals surface area (Å²) in [7, 11) is 0.722. The molecule has 0 unspecified atom stereocenters. The third kappa shape index (κ3) is 3.74. The Kier molecular flexibility index (Phi) is 5.25. The van der Waals surface area contributed by atoms with Crippen LogP contribution < -0.4 is 9.46 Å². The molecular formula is C15H19N3O5S. The van der Waals surface area contributed by atoms with Crippen molar-refractivity contribution in [2.24, 2.45) is 0 Å². The zero-order valence-electron chi connectivity index (χ0n) is 13.8. The molecule has 1 aromatic carbocycles. The first kappa shape index (κ1) is 18.0. The van der Waals surface area contributed by atoms with Crippen molar-refractivity contribution in [2.45, 2.75) is 17.9 Å². The number of sulfonamides is 1. The smallest absolute Gasteiger partial charge is 0.257 e. The second-order valence-electron chi connectivity index (χ2n) is 5.33. The predicted octanol–water partition coefficient (Wildman–Crippen LogP) is 1.42. The molecule has 0 spiro atoms. The number of nitrogens with zero attached hydrogens (tertiary/aromatic N) is 2. The molecule has 0 radical (unpaired) electrons. The van der Waals surface area contributed by atoms with Gasteiger partial charge in [0.15, 0.2) is 0 Å². The molecule has 2 aromatic rings. The third-order valence-corrected chi connectivity index (χ3v) is 4.89. The van der Waals surface area contributed by atoms with Crippen molar-refractivity contribution in [3.05, 3.63) is 41.8 Å². The summed E-state index contributed by atoms with van der Waals surface area (Å²) in [4.78, 5) is 13.5. The number of aromatic nitrogens is 1. The van der Waals surface area contributed by atoms with Crippen LogP contribution in [0.5, 0.6) is 5.75 Å². The van der Waals surface area contributed by atoms with Gasteiger partial charge in [-0.05, 0) is 25.1 Å². The summed E-state index contributed by atoms with van der Waals surface area (Å²) in [5.74, 6) is -0.0503. The molecule has 1 aromatic heterocycles. The van der Waals surface area contributed by atoms with Crippen LogP contribution in [0.2, 0.25) is 0 Å². The molecule has 1 heterocycles. The predicted molar refractivity (Wildman–Crippen MR) is 86.3 cm³/mol. The Labute approximate surface area is 140 Å². The number of rotatable bonds is 6. The second kappa shape index (κ2) is 7.02. The maximum Gasteiger partial charge on any atom is 0.257 e.